The second-order valence-electron chi connectivity index (χ2n) is 3.35. The van der Waals surface area contributed by atoms with Crippen molar-refractivity contribution in [2.45, 2.75) is 18.9 Å². The van der Waals surface area contributed by atoms with Gasteiger partial charge in [0.25, 0.3) is 0 Å². The van der Waals surface area contributed by atoms with Gasteiger partial charge in [-0.05, 0) is 12.8 Å². The van der Waals surface area contributed by atoms with Crippen LogP contribution < -0.4 is 0 Å². The summed E-state index contributed by atoms with van der Waals surface area (Å²) in [6.45, 7) is 0. The molecule has 0 aliphatic carbocycles. The standard InChI is InChI=1S/C10H15NO4/c1-11-7(6-9(12)14-2)4-5-8(11)10(13)15-3/h6,8H,4-5H2,1-3H3/b7-6+. The maximum absolute atomic E-state index is 11.3. The average molecular weight is 213 g/mol. The highest BCUT2D eigenvalue weighted by molar-refractivity contribution is 5.83. The van der Waals surface area contributed by atoms with E-state index in [-0.39, 0.29) is 12.0 Å². The molecule has 0 radical (unpaired) electrons. The molecule has 1 heterocycles. The summed E-state index contributed by atoms with van der Waals surface area (Å²) in [5, 5.41) is 0. The second-order valence-corrected chi connectivity index (χ2v) is 3.35. The summed E-state index contributed by atoms with van der Waals surface area (Å²) < 4.78 is 9.18. The summed E-state index contributed by atoms with van der Waals surface area (Å²) >= 11 is 0. The number of hydrogen-bond donors (Lipinski definition) is 0. The van der Waals surface area contributed by atoms with Gasteiger partial charge in [-0.15, -0.1) is 0 Å². The van der Waals surface area contributed by atoms with E-state index in [1.54, 1.807) is 11.9 Å². The van der Waals surface area contributed by atoms with Crippen LogP contribution in [0.15, 0.2) is 11.8 Å². The van der Waals surface area contributed by atoms with Gasteiger partial charge in [0.05, 0.1) is 14.2 Å². The van der Waals surface area contributed by atoms with Crippen molar-refractivity contribution in [3.8, 4) is 0 Å². The molecule has 0 aromatic rings. The molecule has 0 spiro atoms. The van der Waals surface area contributed by atoms with E-state index in [4.69, 9.17) is 0 Å². The molecule has 5 nitrogen and oxygen atoms in total. The molecule has 0 aromatic carbocycles. The number of ether oxygens (including phenoxy) is 2. The smallest absolute Gasteiger partial charge is 0.332 e. The van der Waals surface area contributed by atoms with Crippen molar-refractivity contribution in [1.82, 2.24) is 4.90 Å². The highest BCUT2D eigenvalue weighted by atomic mass is 16.5. The molecule has 5 heteroatoms. The fourth-order valence-corrected chi connectivity index (χ4v) is 1.64. The molecule has 15 heavy (non-hydrogen) atoms. The van der Waals surface area contributed by atoms with Gasteiger partial charge in [-0.1, -0.05) is 0 Å². The number of allylic oxidation sites excluding steroid dienone is 1. The Morgan fingerprint density at radius 1 is 1.40 bits per heavy atom. The van der Waals surface area contributed by atoms with E-state index in [1.165, 1.54) is 20.3 Å². The van der Waals surface area contributed by atoms with Crippen LogP contribution in [0, 0.1) is 0 Å². The third-order valence-corrected chi connectivity index (χ3v) is 2.55. The average Bonchev–Trinajstić information content (AvgIpc) is 2.59. The zero-order chi connectivity index (χ0) is 11.4. The Kier molecular flexibility index (Phi) is 3.71. The number of likely N-dealkylation sites (N-methyl/N-ethyl adjacent to an activating group) is 1. The van der Waals surface area contributed by atoms with E-state index in [2.05, 4.69) is 9.47 Å². The lowest BCUT2D eigenvalue weighted by molar-refractivity contribution is -0.145. The Morgan fingerprint density at radius 2 is 2.07 bits per heavy atom. The molecule has 0 amide bonds. The van der Waals surface area contributed by atoms with Crippen molar-refractivity contribution in [2.24, 2.45) is 0 Å². The molecule has 1 aliphatic heterocycles. The minimum absolute atomic E-state index is 0.272. The highest BCUT2D eigenvalue weighted by Crippen LogP contribution is 2.26. The fraction of sp³-hybridized carbons (Fsp3) is 0.600. The molecular weight excluding hydrogens is 198 g/mol. The van der Waals surface area contributed by atoms with Gasteiger partial charge in [-0.25, -0.2) is 9.59 Å². The first-order valence-corrected chi connectivity index (χ1v) is 4.69. The minimum atomic E-state index is -0.401. The summed E-state index contributed by atoms with van der Waals surface area (Å²) in [4.78, 5) is 24.1. The first kappa shape index (κ1) is 11.6. The molecule has 1 rings (SSSR count). The van der Waals surface area contributed by atoms with Crippen molar-refractivity contribution < 1.29 is 19.1 Å². The third-order valence-electron chi connectivity index (χ3n) is 2.55. The molecule has 0 N–H and O–H groups in total. The number of esters is 2. The van der Waals surface area contributed by atoms with E-state index in [0.29, 0.717) is 12.8 Å². The van der Waals surface area contributed by atoms with Crippen molar-refractivity contribution in [3.05, 3.63) is 11.8 Å². The number of carbonyl (C=O) groups excluding carboxylic acids is 2. The molecular formula is C10H15NO4. The molecule has 84 valence electrons. The minimum Gasteiger partial charge on any atom is -0.467 e. The van der Waals surface area contributed by atoms with Gasteiger partial charge in [0, 0.05) is 18.8 Å². The molecule has 1 unspecified atom stereocenters. The molecule has 1 saturated heterocycles. The first-order chi connectivity index (χ1) is 7.10. The van der Waals surface area contributed by atoms with Crippen LogP contribution >= 0.6 is 0 Å². The van der Waals surface area contributed by atoms with Crippen LogP contribution in [0.1, 0.15) is 12.8 Å². The predicted octanol–water partition coefficient (Wildman–Crippen LogP) is 0.310. The van der Waals surface area contributed by atoms with Crippen LogP contribution in [-0.4, -0.2) is 44.1 Å². The Labute approximate surface area is 88.6 Å². The quantitative estimate of drug-likeness (QED) is 0.488. The Balaban J connectivity index is 2.71. The molecule has 1 atom stereocenters. The Bertz CT molecular complexity index is 298. The summed E-state index contributed by atoms with van der Waals surface area (Å²) in [5.41, 5.74) is 0.803. The Hall–Kier alpha value is -1.52. The zero-order valence-electron chi connectivity index (χ0n) is 9.15. The summed E-state index contributed by atoms with van der Waals surface area (Å²) in [5.74, 6) is -0.673. The van der Waals surface area contributed by atoms with Gasteiger partial charge >= 0.3 is 11.9 Å². The second kappa shape index (κ2) is 4.82. The summed E-state index contributed by atoms with van der Waals surface area (Å²) in [6.07, 6.45) is 2.76. The van der Waals surface area contributed by atoms with Gasteiger partial charge in [0.1, 0.15) is 6.04 Å². The summed E-state index contributed by atoms with van der Waals surface area (Å²) in [6, 6.07) is -0.286. The molecule has 1 fully saturated rings. The maximum atomic E-state index is 11.3. The predicted molar refractivity (Wildman–Crippen MR) is 52.9 cm³/mol. The summed E-state index contributed by atoms with van der Waals surface area (Å²) in [7, 11) is 4.45. The normalized spacial score (nSPS) is 23.0. The van der Waals surface area contributed by atoms with E-state index in [0.717, 1.165) is 5.70 Å². The van der Waals surface area contributed by atoms with Crippen LogP contribution in [0.2, 0.25) is 0 Å². The number of methoxy groups -OCH3 is 2. The Morgan fingerprint density at radius 3 is 2.60 bits per heavy atom. The number of rotatable bonds is 2. The van der Waals surface area contributed by atoms with Gasteiger partial charge in [-0.2, -0.15) is 0 Å². The maximum Gasteiger partial charge on any atom is 0.332 e. The van der Waals surface area contributed by atoms with Crippen molar-refractivity contribution >= 4 is 11.9 Å². The van der Waals surface area contributed by atoms with Gasteiger partial charge in [0.15, 0.2) is 0 Å². The van der Waals surface area contributed by atoms with Crippen LogP contribution in [0.5, 0.6) is 0 Å². The lowest BCUT2D eigenvalue weighted by Gasteiger charge is -2.20. The number of nitrogens with zero attached hydrogens (tertiary/aromatic N) is 1. The number of carbonyl (C=O) groups is 2. The van der Waals surface area contributed by atoms with E-state index >= 15 is 0 Å². The van der Waals surface area contributed by atoms with Gasteiger partial charge < -0.3 is 14.4 Å². The lowest BCUT2D eigenvalue weighted by atomic mass is 10.2. The van der Waals surface area contributed by atoms with E-state index in [9.17, 15) is 9.59 Å². The first-order valence-electron chi connectivity index (χ1n) is 4.69. The monoisotopic (exact) mass is 213 g/mol. The van der Waals surface area contributed by atoms with Crippen LogP contribution in [0.25, 0.3) is 0 Å². The molecule has 0 saturated carbocycles. The topological polar surface area (TPSA) is 55.8 Å². The van der Waals surface area contributed by atoms with E-state index in [1.807, 2.05) is 0 Å². The number of likely N-dealkylation sites (tertiary alicyclic amines) is 1. The highest BCUT2D eigenvalue weighted by Gasteiger charge is 2.31. The molecule has 0 aromatic heterocycles. The zero-order valence-corrected chi connectivity index (χ0v) is 9.15. The van der Waals surface area contributed by atoms with Crippen LogP contribution in [0.4, 0.5) is 0 Å². The lowest BCUT2D eigenvalue weighted by Crippen LogP contribution is -2.33. The van der Waals surface area contributed by atoms with Crippen molar-refractivity contribution in [1.29, 1.82) is 0 Å². The van der Waals surface area contributed by atoms with Crippen molar-refractivity contribution in [3.63, 3.8) is 0 Å². The van der Waals surface area contributed by atoms with Gasteiger partial charge in [0.2, 0.25) is 0 Å². The van der Waals surface area contributed by atoms with Crippen LogP contribution in [-0.2, 0) is 19.1 Å². The largest absolute Gasteiger partial charge is 0.467 e. The third kappa shape index (κ3) is 2.49. The van der Waals surface area contributed by atoms with Crippen LogP contribution in [0.3, 0.4) is 0 Å². The molecule has 0 bridgehead atoms. The van der Waals surface area contributed by atoms with Crippen molar-refractivity contribution in [2.75, 3.05) is 21.3 Å². The number of hydrogen-bond acceptors (Lipinski definition) is 5. The van der Waals surface area contributed by atoms with Gasteiger partial charge in [-0.3, -0.25) is 0 Å². The molecule has 1 aliphatic rings. The van der Waals surface area contributed by atoms with E-state index < -0.39 is 5.97 Å². The fourth-order valence-electron chi connectivity index (χ4n) is 1.64. The SMILES string of the molecule is COC(=O)/C=C1\CCC(C(=O)OC)N1C.